The number of hydrogen-bond donors (Lipinski definition) is 0. The van der Waals surface area contributed by atoms with E-state index in [1.807, 2.05) is 55.5 Å². The summed E-state index contributed by atoms with van der Waals surface area (Å²) in [5, 5.41) is 4.88. The number of fused-ring (bicyclic) bond motifs is 1. The molecule has 0 N–H and O–H groups in total. The molecule has 0 saturated heterocycles. The van der Waals surface area contributed by atoms with Gasteiger partial charge < -0.3 is 4.74 Å². The van der Waals surface area contributed by atoms with E-state index in [4.69, 9.17) is 4.74 Å². The van der Waals surface area contributed by atoms with Crippen LogP contribution in [0.3, 0.4) is 0 Å². The zero-order chi connectivity index (χ0) is 18.8. The standard InChI is InChI=1S/C21H20N4O2/c1-15-3-7-17(8-4-15)25-20-19(13-23-25)21(26)24(14-22-20)12-11-16-5-9-18(27-2)10-6-16/h3-10,13-14H,11-12H2,1-2H3. The fourth-order valence-electron chi connectivity index (χ4n) is 3.02. The number of nitrogens with zero attached hydrogens (tertiary/aromatic N) is 4. The minimum Gasteiger partial charge on any atom is -0.497 e. The summed E-state index contributed by atoms with van der Waals surface area (Å²) in [6.07, 6.45) is 3.93. The Hall–Kier alpha value is -3.41. The maximum Gasteiger partial charge on any atom is 0.264 e. The van der Waals surface area contributed by atoms with Crippen LogP contribution in [0.5, 0.6) is 5.75 Å². The second kappa shape index (κ2) is 7.07. The molecule has 27 heavy (non-hydrogen) atoms. The van der Waals surface area contributed by atoms with Crippen LogP contribution in [0.4, 0.5) is 0 Å². The Morgan fingerprint density at radius 3 is 2.48 bits per heavy atom. The van der Waals surface area contributed by atoms with E-state index >= 15 is 0 Å². The summed E-state index contributed by atoms with van der Waals surface area (Å²) in [6, 6.07) is 15.8. The van der Waals surface area contributed by atoms with Crippen LogP contribution in [-0.4, -0.2) is 26.4 Å². The van der Waals surface area contributed by atoms with E-state index in [2.05, 4.69) is 10.1 Å². The van der Waals surface area contributed by atoms with Gasteiger partial charge in [0.25, 0.3) is 5.56 Å². The lowest BCUT2D eigenvalue weighted by Crippen LogP contribution is -2.21. The second-order valence-electron chi connectivity index (χ2n) is 6.47. The highest BCUT2D eigenvalue weighted by Gasteiger charge is 2.11. The smallest absolute Gasteiger partial charge is 0.264 e. The SMILES string of the molecule is COc1ccc(CCn2cnc3c(cnn3-c3ccc(C)cc3)c2=O)cc1. The van der Waals surface area contributed by atoms with Crippen LogP contribution in [0.2, 0.25) is 0 Å². The monoisotopic (exact) mass is 360 g/mol. The van der Waals surface area contributed by atoms with Gasteiger partial charge >= 0.3 is 0 Å². The van der Waals surface area contributed by atoms with Gasteiger partial charge in [0.05, 0.1) is 25.3 Å². The molecular weight excluding hydrogens is 340 g/mol. The highest BCUT2D eigenvalue weighted by Crippen LogP contribution is 2.15. The van der Waals surface area contributed by atoms with Gasteiger partial charge in [0.15, 0.2) is 5.65 Å². The number of methoxy groups -OCH3 is 1. The van der Waals surface area contributed by atoms with Gasteiger partial charge in [-0.1, -0.05) is 29.8 Å². The molecule has 6 heteroatoms. The van der Waals surface area contributed by atoms with E-state index in [0.29, 0.717) is 17.6 Å². The molecule has 0 aliphatic carbocycles. The van der Waals surface area contributed by atoms with Crippen molar-refractivity contribution >= 4 is 11.0 Å². The number of benzene rings is 2. The Kier molecular flexibility index (Phi) is 4.46. The number of hydrogen-bond acceptors (Lipinski definition) is 4. The van der Waals surface area contributed by atoms with E-state index in [0.717, 1.165) is 23.4 Å². The van der Waals surface area contributed by atoms with Crippen molar-refractivity contribution in [1.29, 1.82) is 0 Å². The molecule has 6 nitrogen and oxygen atoms in total. The third kappa shape index (κ3) is 3.33. The second-order valence-corrected chi connectivity index (χ2v) is 6.47. The molecule has 0 fully saturated rings. The topological polar surface area (TPSA) is 61.9 Å². The minimum atomic E-state index is -0.0770. The van der Waals surface area contributed by atoms with Crippen molar-refractivity contribution in [3.05, 3.63) is 82.5 Å². The average molecular weight is 360 g/mol. The van der Waals surface area contributed by atoms with Gasteiger partial charge in [-0.25, -0.2) is 9.67 Å². The largest absolute Gasteiger partial charge is 0.497 e. The first-order valence-corrected chi connectivity index (χ1v) is 8.79. The van der Waals surface area contributed by atoms with Crippen LogP contribution in [0, 0.1) is 6.92 Å². The molecule has 4 rings (SSSR count). The normalized spacial score (nSPS) is 11.0. The third-order valence-electron chi connectivity index (χ3n) is 4.63. The molecule has 2 aromatic heterocycles. The molecule has 0 aliphatic heterocycles. The first kappa shape index (κ1) is 17.0. The molecule has 0 amide bonds. The summed E-state index contributed by atoms with van der Waals surface area (Å²) in [5.41, 5.74) is 3.69. The van der Waals surface area contributed by atoms with Crippen molar-refractivity contribution in [1.82, 2.24) is 19.3 Å². The van der Waals surface area contributed by atoms with E-state index in [9.17, 15) is 4.79 Å². The van der Waals surface area contributed by atoms with Crippen molar-refractivity contribution in [2.45, 2.75) is 19.9 Å². The van der Waals surface area contributed by atoms with Gasteiger partial charge in [0, 0.05) is 6.54 Å². The van der Waals surface area contributed by atoms with Gasteiger partial charge in [0.1, 0.15) is 11.1 Å². The fourth-order valence-corrected chi connectivity index (χ4v) is 3.02. The van der Waals surface area contributed by atoms with Gasteiger partial charge in [-0.15, -0.1) is 0 Å². The van der Waals surface area contributed by atoms with Gasteiger partial charge in [-0.05, 0) is 43.2 Å². The summed E-state index contributed by atoms with van der Waals surface area (Å²) in [6.45, 7) is 2.59. The molecule has 0 radical (unpaired) electrons. The number of ether oxygens (including phenoxy) is 1. The Bertz CT molecular complexity index is 1130. The number of rotatable bonds is 5. The summed E-state index contributed by atoms with van der Waals surface area (Å²) >= 11 is 0. The Balaban J connectivity index is 1.60. The van der Waals surface area contributed by atoms with E-state index in [1.54, 1.807) is 28.9 Å². The van der Waals surface area contributed by atoms with Crippen molar-refractivity contribution in [2.75, 3.05) is 7.11 Å². The molecule has 0 unspecified atom stereocenters. The summed E-state index contributed by atoms with van der Waals surface area (Å²) < 4.78 is 8.50. The lowest BCUT2D eigenvalue weighted by atomic mass is 10.1. The maximum absolute atomic E-state index is 12.8. The molecule has 0 aliphatic rings. The first-order chi connectivity index (χ1) is 13.2. The highest BCUT2D eigenvalue weighted by atomic mass is 16.5. The molecule has 0 spiro atoms. The number of aryl methyl sites for hydroxylation is 3. The number of aromatic nitrogens is 4. The minimum absolute atomic E-state index is 0.0770. The maximum atomic E-state index is 12.8. The van der Waals surface area contributed by atoms with Gasteiger partial charge in [-0.3, -0.25) is 9.36 Å². The molecule has 136 valence electrons. The van der Waals surface area contributed by atoms with Crippen LogP contribution < -0.4 is 10.3 Å². The highest BCUT2D eigenvalue weighted by molar-refractivity contribution is 5.74. The molecule has 2 aromatic carbocycles. The predicted octanol–water partition coefficient (Wildman–Crippen LogP) is 3.14. The van der Waals surface area contributed by atoms with E-state index < -0.39 is 0 Å². The predicted molar refractivity (Wildman–Crippen MR) is 105 cm³/mol. The van der Waals surface area contributed by atoms with Crippen LogP contribution in [-0.2, 0) is 13.0 Å². The Morgan fingerprint density at radius 1 is 1.04 bits per heavy atom. The Morgan fingerprint density at radius 2 is 1.78 bits per heavy atom. The van der Waals surface area contributed by atoms with Crippen molar-refractivity contribution in [3.63, 3.8) is 0 Å². The lowest BCUT2D eigenvalue weighted by molar-refractivity contribution is 0.414. The van der Waals surface area contributed by atoms with Crippen LogP contribution >= 0.6 is 0 Å². The molecule has 2 heterocycles. The quantitative estimate of drug-likeness (QED) is 0.549. The van der Waals surface area contributed by atoms with Crippen molar-refractivity contribution in [3.8, 4) is 11.4 Å². The summed E-state index contributed by atoms with van der Waals surface area (Å²) in [7, 11) is 1.65. The molecule has 4 aromatic rings. The summed E-state index contributed by atoms with van der Waals surface area (Å²) in [4.78, 5) is 17.3. The fraction of sp³-hybridized carbons (Fsp3) is 0.190. The third-order valence-corrected chi connectivity index (χ3v) is 4.63. The lowest BCUT2D eigenvalue weighted by Gasteiger charge is -2.07. The first-order valence-electron chi connectivity index (χ1n) is 8.79. The zero-order valence-corrected chi connectivity index (χ0v) is 15.3. The molecule has 0 atom stereocenters. The van der Waals surface area contributed by atoms with Crippen LogP contribution in [0.1, 0.15) is 11.1 Å². The molecular formula is C21H20N4O2. The van der Waals surface area contributed by atoms with E-state index in [-0.39, 0.29) is 5.56 Å². The molecule has 0 saturated carbocycles. The summed E-state index contributed by atoms with van der Waals surface area (Å²) in [5.74, 6) is 0.822. The zero-order valence-electron chi connectivity index (χ0n) is 15.3. The van der Waals surface area contributed by atoms with Crippen LogP contribution in [0.25, 0.3) is 16.7 Å². The van der Waals surface area contributed by atoms with Gasteiger partial charge in [0.2, 0.25) is 0 Å². The van der Waals surface area contributed by atoms with Crippen molar-refractivity contribution < 1.29 is 4.74 Å². The van der Waals surface area contributed by atoms with Gasteiger partial charge in [-0.2, -0.15) is 5.10 Å². The van der Waals surface area contributed by atoms with Crippen LogP contribution in [0.15, 0.2) is 65.8 Å². The average Bonchev–Trinajstić information content (AvgIpc) is 3.13. The van der Waals surface area contributed by atoms with E-state index in [1.165, 1.54) is 5.56 Å². The Labute approximate surface area is 156 Å². The molecule has 0 bridgehead atoms. The van der Waals surface area contributed by atoms with Crippen molar-refractivity contribution in [2.24, 2.45) is 0 Å².